The summed E-state index contributed by atoms with van der Waals surface area (Å²) < 4.78 is 37.7. The summed E-state index contributed by atoms with van der Waals surface area (Å²) >= 11 is 0. The van der Waals surface area contributed by atoms with Gasteiger partial charge in [0.2, 0.25) is 5.91 Å². The average molecular weight is 405 g/mol. The lowest BCUT2D eigenvalue weighted by Gasteiger charge is -2.33. The van der Waals surface area contributed by atoms with Gasteiger partial charge in [0.15, 0.2) is 0 Å². The molecule has 1 N–H and O–H groups in total. The highest BCUT2D eigenvalue weighted by molar-refractivity contribution is 5.76. The normalized spacial score (nSPS) is 15.4. The average Bonchev–Trinajstić information content (AvgIpc) is 2.71. The van der Waals surface area contributed by atoms with Gasteiger partial charge in [0.05, 0.1) is 5.56 Å². The molecule has 1 aliphatic heterocycles. The number of aromatic nitrogens is 1. The summed E-state index contributed by atoms with van der Waals surface area (Å²) in [6, 6.07) is 9.11. The molecule has 1 fully saturated rings. The van der Waals surface area contributed by atoms with E-state index in [1.165, 1.54) is 17.8 Å². The number of piperidine rings is 1. The fourth-order valence-corrected chi connectivity index (χ4v) is 3.59. The minimum absolute atomic E-state index is 0.0583. The molecule has 7 heteroatoms. The summed E-state index contributed by atoms with van der Waals surface area (Å²) in [4.78, 5) is 18.7. The highest BCUT2D eigenvalue weighted by Gasteiger charge is 2.29. The van der Waals surface area contributed by atoms with Gasteiger partial charge in [0.1, 0.15) is 0 Å². The topological polar surface area (TPSA) is 45.2 Å². The molecule has 1 amide bonds. The van der Waals surface area contributed by atoms with Crippen molar-refractivity contribution in [1.29, 1.82) is 0 Å². The molecule has 1 aliphatic rings. The number of benzene rings is 1. The quantitative estimate of drug-likeness (QED) is 0.776. The van der Waals surface area contributed by atoms with E-state index in [9.17, 15) is 18.0 Å². The Morgan fingerprint density at radius 1 is 1.17 bits per heavy atom. The van der Waals surface area contributed by atoms with E-state index in [2.05, 4.69) is 21.3 Å². The number of hydrogen-bond acceptors (Lipinski definition) is 3. The maximum atomic E-state index is 12.6. The van der Waals surface area contributed by atoms with E-state index in [-0.39, 0.29) is 12.3 Å². The second kappa shape index (κ2) is 9.29. The maximum Gasteiger partial charge on any atom is 0.416 e. The zero-order chi connectivity index (χ0) is 20.9. The van der Waals surface area contributed by atoms with Gasteiger partial charge in [-0.25, -0.2) is 0 Å². The number of amides is 1. The Morgan fingerprint density at radius 2 is 1.86 bits per heavy atom. The Morgan fingerprint density at radius 3 is 2.48 bits per heavy atom. The van der Waals surface area contributed by atoms with Gasteiger partial charge in [-0.15, -0.1) is 0 Å². The first-order valence-electron chi connectivity index (χ1n) is 9.92. The molecule has 1 saturated heterocycles. The van der Waals surface area contributed by atoms with Crippen molar-refractivity contribution < 1.29 is 18.0 Å². The van der Waals surface area contributed by atoms with Crippen LogP contribution in [0.3, 0.4) is 0 Å². The van der Waals surface area contributed by atoms with Gasteiger partial charge in [0, 0.05) is 43.6 Å². The van der Waals surface area contributed by atoms with Crippen molar-refractivity contribution in [3.63, 3.8) is 0 Å². The zero-order valence-electron chi connectivity index (χ0n) is 16.5. The van der Waals surface area contributed by atoms with Crippen LogP contribution < -0.4 is 10.2 Å². The Kier molecular flexibility index (Phi) is 6.77. The van der Waals surface area contributed by atoms with Gasteiger partial charge < -0.3 is 10.2 Å². The van der Waals surface area contributed by atoms with E-state index >= 15 is 0 Å². The molecule has 29 heavy (non-hydrogen) atoms. The van der Waals surface area contributed by atoms with E-state index in [4.69, 9.17) is 0 Å². The molecule has 1 aromatic heterocycles. The monoisotopic (exact) mass is 405 g/mol. The Hall–Kier alpha value is -2.57. The van der Waals surface area contributed by atoms with Crippen LogP contribution in [0.4, 0.5) is 18.9 Å². The predicted octanol–water partition coefficient (Wildman–Crippen LogP) is 4.37. The summed E-state index contributed by atoms with van der Waals surface area (Å²) in [6.07, 6.45) is 0.237. The first-order valence-corrected chi connectivity index (χ1v) is 9.92. The fourth-order valence-electron chi connectivity index (χ4n) is 3.59. The summed E-state index contributed by atoms with van der Waals surface area (Å²) in [5.41, 5.74) is 2.26. The van der Waals surface area contributed by atoms with Crippen LogP contribution in [0.25, 0.3) is 0 Å². The molecule has 2 aromatic rings. The molecule has 0 saturated carbocycles. The van der Waals surface area contributed by atoms with Crippen LogP contribution in [0.15, 0.2) is 42.6 Å². The minimum Gasteiger partial charge on any atom is -0.371 e. The van der Waals surface area contributed by atoms with Crippen LogP contribution in [0.1, 0.15) is 36.1 Å². The first kappa shape index (κ1) is 21.1. The molecule has 2 heterocycles. The molecule has 4 nitrogen and oxygen atoms in total. The largest absolute Gasteiger partial charge is 0.416 e. The molecule has 0 bridgehead atoms. The zero-order valence-corrected chi connectivity index (χ0v) is 16.5. The molecule has 3 rings (SSSR count). The van der Waals surface area contributed by atoms with Gasteiger partial charge in [-0.3, -0.25) is 9.78 Å². The number of carbonyl (C=O) groups excluding carboxylic acids is 1. The summed E-state index contributed by atoms with van der Waals surface area (Å²) in [6.45, 7) is 4.54. The number of pyridine rings is 1. The van der Waals surface area contributed by atoms with E-state index < -0.39 is 11.7 Å². The molecular formula is C22H26F3N3O. The van der Waals surface area contributed by atoms with E-state index in [1.807, 2.05) is 19.2 Å². The number of halogens is 3. The van der Waals surface area contributed by atoms with Crippen molar-refractivity contribution in [1.82, 2.24) is 10.3 Å². The van der Waals surface area contributed by atoms with Crippen LogP contribution in [-0.2, 0) is 17.4 Å². The first-order chi connectivity index (χ1) is 13.8. The number of nitrogens with zero attached hydrogens (tertiary/aromatic N) is 2. The highest BCUT2D eigenvalue weighted by atomic mass is 19.4. The smallest absolute Gasteiger partial charge is 0.371 e. The molecule has 0 atom stereocenters. The van der Waals surface area contributed by atoms with Crippen LogP contribution in [0.5, 0.6) is 0 Å². The van der Waals surface area contributed by atoms with Gasteiger partial charge >= 0.3 is 6.18 Å². The lowest BCUT2D eigenvalue weighted by molar-refractivity contribution is -0.137. The molecule has 0 unspecified atom stereocenters. The van der Waals surface area contributed by atoms with Crippen molar-refractivity contribution in [3.05, 3.63) is 59.4 Å². The van der Waals surface area contributed by atoms with Crippen molar-refractivity contribution in [2.24, 2.45) is 5.92 Å². The number of aryl methyl sites for hydroxylation is 2. The SMILES string of the molecule is Cc1cc(N2CCC(CNC(=O)CCc3ccc(C(F)(F)F)cc3)CC2)ccn1. The second-order valence-corrected chi connectivity index (χ2v) is 7.58. The number of hydrogen-bond donors (Lipinski definition) is 1. The molecule has 0 aliphatic carbocycles. The summed E-state index contributed by atoms with van der Waals surface area (Å²) in [5.74, 6) is 0.390. The predicted molar refractivity (Wildman–Crippen MR) is 107 cm³/mol. The van der Waals surface area contributed by atoms with E-state index in [0.717, 1.165) is 49.3 Å². The lowest BCUT2D eigenvalue weighted by atomic mass is 9.96. The molecule has 1 aromatic carbocycles. The molecule has 0 radical (unpaired) electrons. The third kappa shape index (κ3) is 6.21. The number of anilines is 1. The van der Waals surface area contributed by atoms with Crippen molar-refractivity contribution in [3.8, 4) is 0 Å². The van der Waals surface area contributed by atoms with E-state index in [0.29, 0.717) is 18.9 Å². The van der Waals surface area contributed by atoms with Crippen molar-refractivity contribution >= 4 is 11.6 Å². The van der Waals surface area contributed by atoms with Gasteiger partial charge in [-0.05, 0) is 61.9 Å². The molecular weight excluding hydrogens is 379 g/mol. The maximum absolute atomic E-state index is 12.6. The highest BCUT2D eigenvalue weighted by Crippen LogP contribution is 2.29. The van der Waals surface area contributed by atoms with Crippen molar-refractivity contribution in [2.75, 3.05) is 24.5 Å². The Balaban J connectivity index is 1.37. The summed E-state index contributed by atoms with van der Waals surface area (Å²) in [5, 5.41) is 2.97. The van der Waals surface area contributed by atoms with Gasteiger partial charge in [-0.1, -0.05) is 12.1 Å². The van der Waals surface area contributed by atoms with Crippen LogP contribution >= 0.6 is 0 Å². The van der Waals surface area contributed by atoms with Crippen LogP contribution in [-0.4, -0.2) is 30.5 Å². The standard InChI is InChI=1S/C22H26F3N3O/c1-16-14-20(8-11-26-16)28-12-9-18(10-13-28)15-27-21(29)7-4-17-2-5-19(6-3-17)22(23,24)25/h2-3,5-6,8,11,14,18H,4,7,9-10,12-13,15H2,1H3,(H,27,29). The lowest BCUT2D eigenvalue weighted by Crippen LogP contribution is -2.38. The Bertz CT molecular complexity index is 813. The summed E-state index contributed by atoms with van der Waals surface area (Å²) in [7, 11) is 0. The van der Waals surface area contributed by atoms with Gasteiger partial charge in [0.25, 0.3) is 0 Å². The van der Waals surface area contributed by atoms with E-state index in [1.54, 1.807) is 0 Å². The number of nitrogens with one attached hydrogen (secondary N) is 1. The number of alkyl halides is 3. The molecule has 156 valence electrons. The number of carbonyl (C=O) groups is 1. The van der Waals surface area contributed by atoms with Crippen molar-refractivity contribution in [2.45, 2.75) is 38.8 Å². The second-order valence-electron chi connectivity index (χ2n) is 7.58. The number of rotatable bonds is 6. The molecule has 0 spiro atoms. The van der Waals surface area contributed by atoms with Crippen LogP contribution in [0, 0.1) is 12.8 Å². The minimum atomic E-state index is -4.33. The third-order valence-electron chi connectivity index (χ3n) is 5.37. The fraction of sp³-hybridized carbons (Fsp3) is 0.455. The Labute approximate surface area is 169 Å². The van der Waals surface area contributed by atoms with Gasteiger partial charge in [-0.2, -0.15) is 13.2 Å². The van der Waals surface area contributed by atoms with Crippen LogP contribution in [0.2, 0.25) is 0 Å². The third-order valence-corrected chi connectivity index (χ3v) is 5.37.